The second-order valence-electron chi connectivity index (χ2n) is 3.34. The number of hydrogen-bond acceptors (Lipinski definition) is 4. The normalized spacial score (nSPS) is 11.8. The van der Waals surface area contributed by atoms with Crippen molar-refractivity contribution in [2.75, 3.05) is 0 Å². The van der Waals surface area contributed by atoms with E-state index < -0.39 is 10.0 Å². The molecular formula is C9H11N3O2S2. The van der Waals surface area contributed by atoms with Crippen LogP contribution in [-0.4, -0.2) is 18.6 Å². The summed E-state index contributed by atoms with van der Waals surface area (Å²) in [6.45, 7) is 2.26. The van der Waals surface area contributed by atoms with Crippen molar-refractivity contribution in [1.29, 1.82) is 0 Å². The number of aromatic nitrogens is 2. The largest absolute Gasteiger partial charge is 0.284 e. The molecule has 2 aromatic heterocycles. The van der Waals surface area contributed by atoms with Crippen molar-refractivity contribution in [3.63, 3.8) is 0 Å². The molecule has 7 heteroatoms. The summed E-state index contributed by atoms with van der Waals surface area (Å²) >= 11 is 1.56. The van der Waals surface area contributed by atoms with E-state index in [2.05, 4.69) is 14.9 Å². The Balaban J connectivity index is 2.09. The highest BCUT2D eigenvalue weighted by atomic mass is 32.2. The van der Waals surface area contributed by atoms with Crippen molar-refractivity contribution in [2.45, 2.75) is 18.4 Å². The Bertz CT molecular complexity index is 557. The third-order valence-corrected chi connectivity index (χ3v) is 4.48. The molecule has 0 aliphatic heterocycles. The van der Waals surface area contributed by atoms with E-state index in [-0.39, 0.29) is 4.90 Å². The van der Waals surface area contributed by atoms with Crippen LogP contribution in [0.25, 0.3) is 0 Å². The van der Waals surface area contributed by atoms with Crippen LogP contribution >= 0.6 is 11.3 Å². The van der Waals surface area contributed by atoms with Crippen LogP contribution in [0.1, 0.15) is 11.1 Å². The lowest BCUT2D eigenvalue weighted by Crippen LogP contribution is -2.22. The van der Waals surface area contributed by atoms with Crippen molar-refractivity contribution in [2.24, 2.45) is 0 Å². The molecular weight excluding hydrogens is 246 g/mol. The van der Waals surface area contributed by atoms with Crippen LogP contribution in [0.15, 0.2) is 28.0 Å². The molecule has 0 radical (unpaired) electrons. The fraction of sp³-hybridized carbons (Fsp3) is 0.222. The summed E-state index contributed by atoms with van der Waals surface area (Å²) in [6, 6.07) is 0. The van der Waals surface area contributed by atoms with Gasteiger partial charge in [-0.2, -0.15) is 16.4 Å². The smallest absolute Gasteiger partial charge is 0.243 e. The molecule has 2 N–H and O–H groups in total. The molecule has 2 rings (SSSR count). The molecule has 0 aliphatic carbocycles. The number of thiophene rings is 1. The van der Waals surface area contributed by atoms with Crippen molar-refractivity contribution in [3.8, 4) is 0 Å². The molecule has 5 nitrogen and oxygen atoms in total. The van der Waals surface area contributed by atoms with Crippen LogP contribution in [0.3, 0.4) is 0 Å². The molecule has 86 valence electrons. The van der Waals surface area contributed by atoms with Gasteiger partial charge in [0.05, 0.1) is 6.20 Å². The molecule has 16 heavy (non-hydrogen) atoms. The van der Waals surface area contributed by atoms with Gasteiger partial charge in [0.25, 0.3) is 0 Å². The molecule has 0 atom stereocenters. The minimum absolute atomic E-state index is 0.153. The van der Waals surface area contributed by atoms with Gasteiger partial charge >= 0.3 is 0 Å². The van der Waals surface area contributed by atoms with Gasteiger partial charge in [-0.05, 0) is 28.8 Å². The summed E-state index contributed by atoms with van der Waals surface area (Å²) in [7, 11) is -3.45. The first-order valence-electron chi connectivity index (χ1n) is 4.60. The van der Waals surface area contributed by atoms with Crippen LogP contribution in [0.4, 0.5) is 0 Å². The minimum Gasteiger partial charge on any atom is -0.284 e. The number of aryl methyl sites for hydroxylation is 1. The van der Waals surface area contributed by atoms with Crippen molar-refractivity contribution in [3.05, 3.63) is 34.3 Å². The maximum Gasteiger partial charge on any atom is 0.243 e. The fourth-order valence-electron chi connectivity index (χ4n) is 1.21. The Hall–Kier alpha value is -1.18. The fourth-order valence-corrected chi connectivity index (χ4v) is 2.98. The molecule has 0 spiro atoms. The molecule has 0 fully saturated rings. The second-order valence-corrected chi connectivity index (χ2v) is 5.85. The number of sulfonamides is 1. The first kappa shape index (κ1) is 11.3. The summed E-state index contributed by atoms with van der Waals surface area (Å²) in [4.78, 5) is 0.153. The van der Waals surface area contributed by atoms with Crippen LogP contribution in [-0.2, 0) is 16.6 Å². The summed E-state index contributed by atoms with van der Waals surface area (Å²) in [5.74, 6) is 0. The van der Waals surface area contributed by atoms with E-state index >= 15 is 0 Å². The molecule has 2 aromatic rings. The van der Waals surface area contributed by atoms with Crippen LogP contribution < -0.4 is 4.72 Å². The van der Waals surface area contributed by atoms with Gasteiger partial charge in [-0.1, -0.05) is 0 Å². The number of nitrogens with zero attached hydrogens (tertiary/aromatic N) is 1. The number of aromatic amines is 1. The third kappa shape index (κ3) is 2.31. The second kappa shape index (κ2) is 4.36. The average Bonchev–Trinajstić information content (AvgIpc) is 2.85. The van der Waals surface area contributed by atoms with Gasteiger partial charge in [0.15, 0.2) is 0 Å². The number of H-pyrrole nitrogens is 1. The van der Waals surface area contributed by atoms with E-state index in [9.17, 15) is 8.42 Å². The molecule has 0 saturated heterocycles. The zero-order chi connectivity index (χ0) is 11.6. The van der Waals surface area contributed by atoms with E-state index in [4.69, 9.17) is 0 Å². The lowest BCUT2D eigenvalue weighted by Gasteiger charge is -2.03. The summed E-state index contributed by atoms with van der Waals surface area (Å²) in [5, 5.41) is 10.0. The lowest BCUT2D eigenvalue weighted by atomic mass is 10.2. The predicted molar refractivity (Wildman–Crippen MR) is 61.7 cm³/mol. The Morgan fingerprint density at radius 2 is 2.31 bits per heavy atom. The number of rotatable bonds is 4. The summed E-state index contributed by atoms with van der Waals surface area (Å²) in [6.07, 6.45) is 2.63. The van der Waals surface area contributed by atoms with Crippen molar-refractivity contribution >= 4 is 21.4 Å². The van der Waals surface area contributed by atoms with Gasteiger partial charge in [0.1, 0.15) is 4.90 Å². The van der Waals surface area contributed by atoms with Crippen LogP contribution in [0, 0.1) is 6.92 Å². The number of nitrogens with one attached hydrogen (secondary N) is 2. The first-order chi connectivity index (χ1) is 7.59. The molecule has 0 aromatic carbocycles. The van der Waals surface area contributed by atoms with Gasteiger partial charge in [-0.25, -0.2) is 13.1 Å². The quantitative estimate of drug-likeness (QED) is 0.865. The molecule has 0 amide bonds. The van der Waals surface area contributed by atoms with Crippen molar-refractivity contribution in [1.82, 2.24) is 14.9 Å². The van der Waals surface area contributed by atoms with Gasteiger partial charge in [-0.3, -0.25) is 5.10 Å². The Morgan fingerprint density at radius 1 is 1.50 bits per heavy atom. The standard InChI is InChI=1S/C9H11N3O2S2/c1-7-5-15-6-8(7)2-12-16(13,14)9-3-10-11-4-9/h3-6,12H,2H2,1H3,(H,10,11). The van der Waals surface area contributed by atoms with Crippen LogP contribution in [0.5, 0.6) is 0 Å². The van der Waals surface area contributed by atoms with E-state index in [1.807, 2.05) is 17.7 Å². The maximum absolute atomic E-state index is 11.7. The number of hydrogen-bond donors (Lipinski definition) is 2. The van der Waals surface area contributed by atoms with Crippen LogP contribution in [0.2, 0.25) is 0 Å². The third-order valence-electron chi connectivity index (χ3n) is 2.20. The van der Waals surface area contributed by atoms with Gasteiger partial charge in [-0.15, -0.1) is 0 Å². The summed E-state index contributed by atoms with van der Waals surface area (Å²) in [5.41, 5.74) is 2.09. The maximum atomic E-state index is 11.7. The van der Waals surface area contributed by atoms with E-state index in [0.29, 0.717) is 6.54 Å². The van der Waals surface area contributed by atoms with Crippen molar-refractivity contribution < 1.29 is 8.42 Å². The SMILES string of the molecule is Cc1cscc1CNS(=O)(=O)c1cn[nH]c1. The zero-order valence-corrected chi connectivity index (χ0v) is 10.2. The molecule has 0 bridgehead atoms. The Kier molecular flexibility index (Phi) is 3.08. The molecule has 0 aliphatic rings. The topological polar surface area (TPSA) is 74.8 Å². The van der Waals surface area contributed by atoms with E-state index in [1.165, 1.54) is 12.4 Å². The Labute approximate surface area is 97.6 Å². The highest BCUT2D eigenvalue weighted by molar-refractivity contribution is 7.89. The zero-order valence-electron chi connectivity index (χ0n) is 8.60. The molecule has 0 unspecified atom stereocenters. The van der Waals surface area contributed by atoms with Gasteiger partial charge in [0.2, 0.25) is 10.0 Å². The van der Waals surface area contributed by atoms with Gasteiger partial charge < -0.3 is 0 Å². The van der Waals surface area contributed by atoms with E-state index in [0.717, 1.165) is 11.1 Å². The predicted octanol–water partition coefficient (Wildman–Crippen LogP) is 1.26. The lowest BCUT2D eigenvalue weighted by molar-refractivity contribution is 0.581. The average molecular weight is 257 g/mol. The Morgan fingerprint density at radius 3 is 2.88 bits per heavy atom. The minimum atomic E-state index is -3.45. The molecule has 0 saturated carbocycles. The highest BCUT2D eigenvalue weighted by Crippen LogP contribution is 2.14. The summed E-state index contributed by atoms with van der Waals surface area (Å²) < 4.78 is 26.0. The highest BCUT2D eigenvalue weighted by Gasteiger charge is 2.14. The first-order valence-corrected chi connectivity index (χ1v) is 7.02. The van der Waals surface area contributed by atoms with E-state index in [1.54, 1.807) is 11.3 Å². The van der Waals surface area contributed by atoms with Gasteiger partial charge in [0, 0.05) is 12.7 Å². The monoisotopic (exact) mass is 257 g/mol. The molecule has 2 heterocycles.